The average Bonchev–Trinajstić information content (AvgIpc) is 3.50. The van der Waals surface area contributed by atoms with Gasteiger partial charge in [-0.05, 0) is 41.7 Å². The second-order valence-corrected chi connectivity index (χ2v) is 10.6. The van der Waals surface area contributed by atoms with Crippen molar-refractivity contribution in [2.75, 3.05) is 20.2 Å². The molecular formula is C30H35N5O7. The van der Waals surface area contributed by atoms with Crippen molar-refractivity contribution < 1.29 is 33.5 Å². The predicted octanol–water partition coefficient (Wildman–Crippen LogP) is 2.02. The first-order valence-electron chi connectivity index (χ1n) is 13.7. The van der Waals surface area contributed by atoms with E-state index in [2.05, 4.69) is 26.8 Å². The zero-order chi connectivity index (χ0) is 30.2. The molecule has 2 atom stereocenters. The number of ether oxygens (including phenoxy) is 1. The lowest BCUT2D eigenvalue weighted by atomic mass is 9.98. The third kappa shape index (κ3) is 7.78. The summed E-state index contributed by atoms with van der Waals surface area (Å²) >= 11 is 0. The largest absolute Gasteiger partial charge is 0.496 e. The number of Topliss-reactive ketones (excluding diaryl/α,β-unsaturated/α-hetero) is 1. The van der Waals surface area contributed by atoms with Crippen LogP contribution in [0.2, 0.25) is 0 Å². The Morgan fingerprint density at radius 3 is 2.52 bits per heavy atom. The Morgan fingerprint density at radius 2 is 1.86 bits per heavy atom. The Labute approximate surface area is 243 Å². The third-order valence-corrected chi connectivity index (χ3v) is 7.18. The SMILES string of the molecule is COc1ccc(-c2ncno2)cc1CC(=O)NC(C(=O)NC(CC(=O)O)C(=O)CN1CCc2ccccc2C1)C(C)C. The van der Waals surface area contributed by atoms with E-state index in [1.807, 2.05) is 23.1 Å². The molecule has 0 aliphatic carbocycles. The summed E-state index contributed by atoms with van der Waals surface area (Å²) in [7, 11) is 1.48. The van der Waals surface area contributed by atoms with E-state index < -0.39 is 42.1 Å². The number of nitrogens with zero attached hydrogens (tertiary/aromatic N) is 3. The number of rotatable bonds is 13. The van der Waals surface area contributed by atoms with Gasteiger partial charge in [-0.2, -0.15) is 4.98 Å². The summed E-state index contributed by atoms with van der Waals surface area (Å²) in [6, 6.07) is 10.8. The van der Waals surface area contributed by atoms with Gasteiger partial charge in [0, 0.05) is 24.2 Å². The molecule has 0 bridgehead atoms. The van der Waals surface area contributed by atoms with Crippen molar-refractivity contribution in [3.8, 4) is 17.2 Å². The normalized spacial score (nSPS) is 14.5. The van der Waals surface area contributed by atoms with Crippen LogP contribution in [0.1, 0.15) is 37.0 Å². The Morgan fingerprint density at radius 1 is 1.10 bits per heavy atom. The van der Waals surface area contributed by atoms with Gasteiger partial charge in [0.05, 0.1) is 32.5 Å². The van der Waals surface area contributed by atoms with Crippen molar-refractivity contribution >= 4 is 23.6 Å². The van der Waals surface area contributed by atoms with Crippen LogP contribution in [0.3, 0.4) is 0 Å². The fourth-order valence-corrected chi connectivity index (χ4v) is 4.98. The Balaban J connectivity index is 1.41. The van der Waals surface area contributed by atoms with Crippen LogP contribution in [0.4, 0.5) is 0 Å². The molecule has 0 saturated carbocycles. The van der Waals surface area contributed by atoms with Gasteiger partial charge in [0.1, 0.15) is 11.8 Å². The lowest BCUT2D eigenvalue weighted by Gasteiger charge is -2.30. The number of carbonyl (C=O) groups excluding carboxylic acids is 3. The van der Waals surface area contributed by atoms with Crippen molar-refractivity contribution in [1.82, 2.24) is 25.7 Å². The maximum absolute atomic E-state index is 13.3. The molecule has 0 radical (unpaired) electrons. The first-order chi connectivity index (χ1) is 20.1. The molecular weight excluding hydrogens is 542 g/mol. The third-order valence-electron chi connectivity index (χ3n) is 7.18. The number of aliphatic carboxylic acids is 1. The van der Waals surface area contributed by atoms with Gasteiger partial charge in [0.2, 0.25) is 11.8 Å². The average molecular weight is 578 g/mol. The number of aromatic nitrogens is 2. The molecule has 3 N–H and O–H groups in total. The van der Waals surface area contributed by atoms with Gasteiger partial charge in [0.15, 0.2) is 12.1 Å². The quantitative estimate of drug-likeness (QED) is 0.274. The number of hydrogen-bond acceptors (Lipinski definition) is 9. The summed E-state index contributed by atoms with van der Waals surface area (Å²) in [5, 5.41) is 18.4. The standard InChI is InChI=1S/C30H35N5O7/c1-18(2)28(34-26(37)13-22-12-20(8-9-25(22)41-3)30-31-17-32-42-30)29(40)33-23(14-27(38)39)24(36)16-35-11-10-19-6-4-5-7-21(19)15-35/h4-9,12,17-18,23,28H,10-11,13-16H2,1-3H3,(H,33,40)(H,34,37)(H,38,39). The van der Waals surface area contributed by atoms with Crippen LogP contribution in [0.15, 0.2) is 53.3 Å². The number of carboxylic acid groups (broad SMARTS) is 1. The molecule has 0 spiro atoms. The summed E-state index contributed by atoms with van der Waals surface area (Å²) in [5.74, 6) is -2.31. The van der Waals surface area contributed by atoms with E-state index in [1.165, 1.54) is 19.0 Å². The molecule has 2 unspecified atom stereocenters. The Bertz CT molecular complexity index is 1420. The molecule has 222 valence electrons. The van der Waals surface area contributed by atoms with Crippen LogP contribution >= 0.6 is 0 Å². The highest BCUT2D eigenvalue weighted by molar-refractivity contribution is 5.95. The van der Waals surface area contributed by atoms with E-state index in [4.69, 9.17) is 9.26 Å². The predicted molar refractivity (Wildman–Crippen MR) is 151 cm³/mol. The summed E-state index contributed by atoms with van der Waals surface area (Å²) in [4.78, 5) is 57.2. The van der Waals surface area contributed by atoms with Crippen LogP contribution in [0.5, 0.6) is 5.75 Å². The maximum atomic E-state index is 13.3. The van der Waals surface area contributed by atoms with Crippen molar-refractivity contribution in [2.45, 2.75) is 51.7 Å². The fourth-order valence-electron chi connectivity index (χ4n) is 4.98. The molecule has 1 aliphatic heterocycles. The lowest BCUT2D eigenvalue weighted by Crippen LogP contribution is -2.55. The first-order valence-corrected chi connectivity index (χ1v) is 13.7. The fraction of sp³-hybridized carbons (Fsp3) is 0.400. The van der Waals surface area contributed by atoms with Gasteiger partial charge in [-0.15, -0.1) is 0 Å². The lowest BCUT2D eigenvalue weighted by molar-refractivity contribution is -0.141. The molecule has 2 amide bonds. The summed E-state index contributed by atoms with van der Waals surface area (Å²) in [6.07, 6.45) is 1.37. The van der Waals surface area contributed by atoms with E-state index >= 15 is 0 Å². The van der Waals surface area contributed by atoms with Crippen LogP contribution in [0, 0.1) is 5.92 Å². The Kier molecular flexibility index (Phi) is 10.0. The number of nitrogens with one attached hydrogen (secondary N) is 2. The number of methoxy groups -OCH3 is 1. The highest BCUT2D eigenvalue weighted by Crippen LogP contribution is 2.26. The van der Waals surface area contributed by atoms with Crippen molar-refractivity contribution in [2.24, 2.45) is 5.92 Å². The number of carbonyl (C=O) groups is 4. The summed E-state index contributed by atoms with van der Waals surface area (Å²) in [5.41, 5.74) is 3.49. The van der Waals surface area contributed by atoms with Crippen LogP contribution < -0.4 is 15.4 Å². The molecule has 42 heavy (non-hydrogen) atoms. The topological polar surface area (TPSA) is 164 Å². The zero-order valence-corrected chi connectivity index (χ0v) is 23.8. The molecule has 4 rings (SSSR count). The monoisotopic (exact) mass is 577 g/mol. The molecule has 1 aliphatic rings. The zero-order valence-electron chi connectivity index (χ0n) is 23.8. The second-order valence-electron chi connectivity index (χ2n) is 10.6. The number of ketones is 1. The van der Waals surface area contributed by atoms with Gasteiger partial charge in [-0.25, -0.2) is 0 Å². The molecule has 2 heterocycles. The van der Waals surface area contributed by atoms with Crippen molar-refractivity contribution in [3.05, 3.63) is 65.5 Å². The number of hydrogen-bond donors (Lipinski definition) is 3. The second kappa shape index (κ2) is 13.9. The smallest absolute Gasteiger partial charge is 0.305 e. The van der Waals surface area contributed by atoms with Gasteiger partial charge < -0.3 is 25.0 Å². The minimum absolute atomic E-state index is 0.00143. The molecule has 12 heteroatoms. The van der Waals surface area contributed by atoms with E-state index in [1.54, 1.807) is 32.0 Å². The van der Waals surface area contributed by atoms with Gasteiger partial charge in [-0.3, -0.25) is 24.1 Å². The molecule has 3 aromatic rings. The van der Waals surface area contributed by atoms with Crippen LogP contribution in [0.25, 0.3) is 11.5 Å². The van der Waals surface area contributed by atoms with E-state index in [0.717, 1.165) is 12.0 Å². The Hall–Kier alpha value is -4.58. The van der Waals surface area contributed by atoms with E-state index in [-0.39, 0.29) is 24.8 Å². The minimum Gasteiger partial charge on any atom is -0.496 e. The number of carboxylic acids is 1. The molecule has 12 nitrogen and oxygen atoms in total. The van der Waals surface area contributed by atoms with Gasteiger partial charge in [-0.1, -0.05) is 43.3 Å². The highest BCUT2D eigenvalue weighted by Gasteiger charge is 2.31. The van der Waals surface area contributed by atoms with E-state index in [0.29, 0.717) is 30.0 Å². The number of benzene rings is 2. The number of amides is 2. The molecule has 0 saturated heterocycles. The molecule has 0 fully saturated rings. The minimum atomic E-state index is -1.24. The first kappa shape index (κ1) is 30.4. The van der Waals surface area contributed by atoms with Gasteiger partial charge >= 0.3 is 5.97 Å². The summed E-state index contributed by atoms with van der Waals surface area (Å²) in [6.45, 7) is 4.72. The van der Waals surface area contributed by atoms with Crippen LogP contribution in [-0.2, 0) is 38.6 Å². The van der Waals surface area contributed by atoms with Crippen LogP contribution in [-0.4, -0.2) is 76.0 Å². The van der Waals surface area contributed by atoms with Crippen molar-refractivity contribution in [3.63, 3.8) is 0 Å². The highest BCUT2D eigenvalue weighted by atomic mass is 16.5. The maximum Gasteiger partial charge on any atom is 0.305 e. The van der Waals surface area contributed by atoms with Crippen molar-refractivity contribution in [1.29, 1.82) is 0 Å². The molecule has 2 aromatic carbocycles. The van der Waals surface area contributed by atoms with E-state index in [9.17, 15) is 24.3 Å². The molecule has 1 aromatic heterocycles. The van der Waals surface area contributed by atoms with Gasteiger partial charge in [0.25, 0.3) is 5.89 Å². The summed E-state index contributed by atoms with van der Waals surface area (Å²) < 4.78 is 10.5. The number of fused-ring (bicyclic) bond motifs is 1.